The molecule has 20 heavy (non-hydrogen) atoms. The van der Waals surface area contributed by atoms with Gasteiger partial charge in [0.2, 0.25) is 5.76 Å². The third-order valence-electron chi connectivity index (χ3n) is 3.40. The first-order valence-corrected chi connectivity index (χ1v) is 6.13. The SMILES string of the molecule is O=C(NCC1(C(=O)O)CC1)c1cc(-c2ccco2)on1. The molecular weight excluding hydrogens is 264 g/mol. The Hall–Kier alpha value is -2.57. The first kappa shape index (κ1) is 12.5. The molecule has 0 unspecified atom stereocenters. The van der Waals surface area contributed by atoms with Crippen LogP contribution in [0.15, 0.2) is 33.4 Å². The summed E-state index contributed by atoms with van der Waals surface area (Å²) in [6, 6.07) is 4.83. The van der Waals surface area contributed by atoms with Crippen molar-refractivity contribution >= 4 is 11.9 Å². The van der Waals surface area contributed by atoms with Gasteiger partial charge >= 0.3 is 5.97 Å². The molecule has 3 rings (SSSR count). The zero-order valence-electron chi connectivity index (χ0n) is 10.5. The lowest BCUT2D eigenvalue weighted by Crippen LogP contribution is -2.34. The second-order valence-electron chi connectivity index (χ2n) is 4.82. The second kappa shape index (κ2) is 4.52. The number of furan rings is 1. The smallest absolute Gasteiger partial charge is 0.311 e. The number of carboxylic acids is 1. The third-order valence-corrected chi connectivity index (χ3v) is 3.40. The summed E-state index contributed by atoms with van der Waals surface area (Å²) in [6.45, 7) is 0.101. The number of aromatic nitrogens is 1. The summed E-state index contributed by atoms with van der Waals surface area (Å²) < 4.78 is 10.1. The Labute approximate surface area is 113 Å². The standard InChI is InChI=1S/C13H12N2O5/c16-11(14-7-13(3-4-13)12(17)18)8-6-10(20-15-8)9-2-1-5-19-9/h1-2,5-6H,3-4,7H2,(H,14,16)(H,17,18). The normalized spacial score (nSPS) is 15.8. The van der Waals surface area contributed by atoms with Gasteiger partial charge in [-0.15, -0.1) is 0 Å². The van der Waals surface area contributed by atoms with Crippen LogP contribution in [0.3, 0.4) is 0 Å². The molecule has 1 saturated carbocycles. The van der Waals surface area contributed by atoms with E-state index < -0.39 is 17.3 Å². The Kier molecular flexibility index (Phi) is 2.81. The van der Waals surface area contributed by atoms with Crippen molar-refractivity contribution in [3.8, 4) is 11.5 Å². The molecule has 0 spiro atoms. The molecule has 1 aliphatic rings. The van der Waals surface area contributed by atoms with Gasteiger partial charge in [0.15, 0.2) is 11.5 Å². The van der Waals surface area contributed by atoms with Crippen LogP contribution in [0, 0.1) is 5.41 Å². The van der Waals surface area contributed by atoms with Crippen molar-refractivity contribution < 1.29 is 23.6 Å². The number of hydrogen-bond donors (Lipinski definition) is 2. The Morgan fingerprint density at radius 3 is 2.80 bits per heavy atom. The molecule has 2 aromatic heterocycles. The van der Waals surface area contributed by atoms with Crippen LogP contribution < -0.4 is 5.32 Å². The van der Waals surface area contributed by atoms with E-state index in [1.54, 1.807) is 12.1 Å². The zero-order chi connectivity index (χ0) is 14.2. The molecule has 2 N–H and O–H groups in total. The number of nitrogens with one attached hydrogen (secondary N) is 1. The predicted octanol–water partition coefficient (Wildman–Crippen LogP) is 1.53. The van der Waals surface area contributed by atoms with Crippen molar-refractivity contribution in [2.75, 3.05) is 6.54 Å². The van der Waals surface area contributed by atoms with Crippen LogP contribution in [-0.4, -0.2) is 28.7 Å². The maximum atomic E-state index is 11.9. The summed E-state index contributed by atoms with van der Waals surface area (Å²) in [4.78, 5) is 22.9. The lowest BCUT2D eigenvalue weighted by Gasteiger charge is -2.09. The first-order chi connectivity index (χ1) is 9.61. The third kappa shape index (κ3) is 2.18. The van der Waals surface area contributed by atoms with Crippen LogP contribution in [0.2, 0.25) is 0 Å². The number of carbonyl (C=O) groups excluding carboxylic acids is 1. The molecule has 7 nitrogen and oxygen atoms in total. The minimum absolute atomic E-state index is 0.0950. The van der Waals surface area contributed by atoms with E-state index in [1.807, 2.05) is 0 Å². The lowest BCUT2D eigenvalue weighted by molar-refractivity contribution is -0.143. The van der Waals surface area contributed by atoms with Gasteiger partial charge in [-0.05, 0) is 25.0 Å². The van der Waals surface area contributed by atoms with Gasteiger partial charge in [-0.3, -0.25) is 9.59 Å². The fourth-order valence-corrected chi connectivity index (χ4v) is 1.87. The summed E-state index contributed by atoms with van der Waals surface area (Å²) >= 11 is 0. The molecule has 7 heteroatoms. The molecular formula is C13H12N2O5. The van der Waals surface area contributed by atoms with Crippen LogP contribution in [0.4, 0.5) is 0 Å². The van der Waals surface area contributed by atoms with E-state index in [0.29, 0.717) is 24.4 Å². The Balaban J connectivity index is 1.65. The highest BCUT2D eigenvalue weighted by molar-refractivity contribution is 5.93. The molecule has 1 amide bonds. The van der Waals surface area contributed by atoms with Crippen LogP contribution in [0.1, 0.15) is 23.3 Å². The average molecular weight is 276 g/mol. The van der Waals surface area contributed by atoms with Crippen LogP contribution in [0.5, 0.6) is 0 Å². The van der Waals surface area contributed by atoms with Gasteiger partial charge in [0.1, 0.15) is 0 Å². The van der Waals surface area contributed by atoms with Crippen molar-refractivity contribution in [1.82, 2.24) is 10.5 Å². The fourth-order valence-electron chi connectivity index (χ4n) is 1.87. The summed E-state index contributed by atoms with van der Waals surface area (Å²) in [5.41, 5.74) is -0.707. The predicted molar refractivity (Wildman–Crippen MR) is 65.8 cm³/mol. The molecule has 1 fully saturated rings. The molecule has 2 heterocycles. The average Bonchev–Trinajstić information content (AvgIpc) is 2.87. The first-order valence-electron chi connectivity index (χ1n) is 6.13. The summed E-state index contributed by atoms with van der Waals surface area (Å²) in [5, 5.41) is 15.2. The molecule has 0 atom stereocenters. The second-order valence-corrected chi connectivity index (χ2v) is 4.82. The summed E-state index contributed by atoms with van der Waals surface area (Å²) in [5.74, 6) is -0.520. The van der Waals surface area contributed by atoms with Crippen molar-refractivity contribution in [1.29, 1.82) is 0 Å². The Bertz CT molecular complexity index is 640. The van der Waals surface area contributed by atoms with Gasteiger partial charge in [-0.25, -0.2) is 0 Å². The van der Waals surface area contributed by atoms with Crippen LogP contribution in [-0.2, 0) is 4.79 Å². The van der Waals surface area contributed by atoms with Crippen LogP contribution in [0.25, 0.3) is 11.5 Å². The van der Waals surface area contributed by atoms with E-state index in [9.17, 15) is 9.59 Å². The molecule has 2 aromatic rings. The van der Waals surface area contributed by atoms with Crippen molar-refractivity contribution in [2.45, 2.75) is 12.8 Å². The molecule has 0 bridgehead atoms. The maximum absolute atomic E-state index is 11.9. The number of carbonyl (C=O) groups is 2. The number of aliphatic carboxylic acids is 1. The Morgan fingerprint density at radius 1 is 1.40 bits per heavy atom. The van der Waals surface area contributed by atoms with E-state index in [2.05, 4.69) is 10.5 Å². The molecule has 0 aromatic carbocycles. The van der Waals surface area contributed by atoms with E-state index in [-0.39, 0.29) is 12.2 Å². The monoisotopic (exact) mass is 276 g/mol. The molecule has 104 valence electrons. The quantitative estimate of drug-likeness (QED) is 0.857. The topological polar surface area (TPSA) is 106 Å². The van der Waals surface area contributed by atoms with Gasteiger partial charge in [-0.1, -0.05) is 5.16 Å². The fraction of sp³-hybridized carbons (Fsp3) is 0.308. The van der Waals surface area contributed by atoms with Gasteiger partial charge in [-0.2, -0.15) is 0 Å². The van der Waals surface area contributed by atoms with Crippen molar-refractivity contribution in [3.63, 3.8) is 0 Å². The number of nitrogens with zero attached hydrogens (tertiary/aromatic N) is 1. The van der Waals surface area contributed by atoms with Crippen LogP contribution >= 0.6 is 0 Å². The molecule has 0 radical (unpaired) electrons. The highest BCUT2D eigenvalue weighted by atomic mass is 16.5. The van der Waals surface area contributed by atoms with E-state index >= 15 is 0 Å². The van der Waals surface area contributed by atoms with E-state index in [0.717, 1.165) is 0 Å². The summed E-state index contributed by atoms with van der Waals surface area (Å²) in [6.07, 6.45) is 2.65. The minimum atomic E-state index is -0.880. The number of hydrogen-bond acceptors (Lipinski definition) is 5. The zero-order valence-corrected chi connectivity index (χ0v) is 10.5. The Morgan fingerprint density at radius 2 is 2.20 bits per heavy atom. The number of amides is 1. The van der Waals surface area contributed by atoms with Gasteiger partial charge in [0.05, 0.1) is 11.7 Å². The van der Waals surface area contributed by atoms with Gasteiger partial charge in [0.25, 0.3) is 5.91 Å². The largest absolute Gasteiger partial charge is 0.481 e. The van der Waals surface area contributed by atoms with Crippen molar-refractivity contribution in [2.24, 2.45) is 5.41 Å². The number of rotatable bonds is 5. The van der Waals surface area contributed by atoms with Gasteiger partial charge < -0.3 is 19.4 Å². The molecule has 0 aliphatic heterocycles. The maximum Gasteiger partial charge on any atom is 0.311 e. The number of carboxylic acid groups (broad SMARTS) is 1. The highest BCUT2D eigenvalue weighted by Gasteiger charge is 2.50. The van der Waals surface area contributed by atoms with Gasteiger partial charge in [0, 0.05) is 12.6 Å². The van der Waals surface area contributed by atoms with E-state index in [4.69, 9.17) is 14.0 Å². The summed E-state index contributed by atoms with van der Waals surface area (Å²) in [7, 11) is 0. The highest BCUT2D eigenvalue weighted by Crippen LogP contribution is 2.45. The molecule has 0 saturated heterocycles. The lowest BCUT2D eigenvalue weighted by atomic mass is 10.1. The minimum Gasteiger partial charge on any atom is -0.481 e. The van der Waals surface area contributed by atoms with E-state index in [1.165, 1.54) is 12.3 Å². The molecule has 1 aliphatic carbocycles. The van der Waals surface area contributed by atoms with Crippen molar-refractivity contribution in [3.05, 3.63) is 30.2 Å².